The van der Waals surface area contributed by atoms with Gasteiger partial charge in [-0.15, -0.1) is 0 Å². The lowest BCUT2D eigenvalue weighted by Gasteiger charge is -2.29. The van der Waals surface area contributed by atoms with E-state index < -0.39 is 0 Å². The van der Waals surface area contributed by atoms with Crippen LogP contribution < -0.4 is 0 Å². The molecule has 108 valence electrons. The molecule has 0 saturated carbocycles. The van der Waals surface area contributed by atoms with Gasteiger partial charge in [0.1, 0.15) is 11.3 Å². The Morgan fingerprint density at radius 2 is 2.15 bits per heavy atom. The quantitative estimate of drug-likeness (QED) is 0.913. The molecule has 1 saturated heterocycles. The van der Waals surface area contributed by atoms with E-state index in [1.165, 1.54) is 25.9 Å². The molecule has 0 unspecified atom stereocenters. The van der Waals surface area contributed by atoms with Gasteiger partial charge in [0.15, 0.2) is 5.65 Å². The van der Waals surface area contributed by atoms with Crippen LogP contribution in [0.1, 0.15) is 18.7 Å². The van der Waals surface area contributed by atoms with Crippen molar-refractivity contribution in [2.24, 2.45) is 5.92 Å². The molecule has 5 nitrogen and oxygen atoms in total. The molecular weight excluding hydrogens is 252 g/mol. The van der Waals surface area contributed by atoms with E-state index in [4.69, 9.17) is 0 Å². The second kappa shape index (κ2) is 5.89. The minimum absolute atomic E-state index is 0.136. The monoisotopic (exact) mass is 274 g/mol. The lowest BCUT2D eigenvalue weighted by atomic mass is 9.97. The number of aliphatic hydroxyl groups excluding tert-OH is 1. The van der Waals surface area contributed by atoms with E-state index >= 15 is 0 Å². The first-order chi connectivity index (χ1) is 9.78. The molecule has 5 heteroatoms. The Morgan fingerprint density at radius 1 is 1.35 bits per heavy atom. The predicted octanol–water partition coefficient (Wildman–Crippen LogP) is 1.31. The molecule has 1 aliphatic heterocycles. The number of piperidine rings is 1. The van der Waals surface area contributed by atoms with Crippen molar-refractivity contribution in [3.8, 4) is 0 Å². The highest BCUT2D eigenvalue weighted by atomic mass is 16.3. The van der Waals surface area contributed by atoms with E-state index in [1.807, 2.05) is 18.3 Å². The van der Waals surface area contributed by atoms with Gasteiger partial charge in [-0.2, -0.15) is 0 Å². The molecular formula is C15H22N4O. The van der Waals surface area contributed by atoms with Crippen molar-refractivity contribution in [1.82, 2.24) is 19.4 Å². The van der Waals surface area contributed by atoms with Gasteiger partial charge >= 0.3 is 0 Å². The number of aromatic nitrogens is 3. The summed E-state index contributed by atoms with van der Waals surface area (Å²) in [6, 6.07) is 3.91. The maximum Gasteiger partial charge on any atom is 0.159 e. The molecule has 1 aliphatic rings. The fourth-order valence-electron chi connectivity index (χ4n) is 2.99. The Bertz CT molecular complexity index is 572. The number of imidazole rings is 1. The van der Waals surface area contributed by atoms with Crippen LogP contribution in [0.4, 0.5) is 0 Å². The number of pyridine rings is 1. The zero-order chi connectivity index (χ0) is 13.9. The van der Waals surface area contributed by atoms with Crippen LogP contribution in [0.2, 0.25) is 0 Å². The predicted molar refractivity (Wildman–Crippen MR) is 78.5 cm³/mol. The molecule has 1 fully saturated rings. The summed E-state index contributed by atoms with van der Waals surface area (Å²) >= 11 is 0. The summed E-state index contributed by atoms with van der Waals surface area (Å²) in [5.74, 6) is 1.64. The molecule has 0 amide bonds. The summed E-state index contributed by atoms with van der Waals surface area (Å²) in [5, 5.41) is 9.23. The van der Waals surface area contributed by atoms with Crippen LogP contribution in [0.25, 0.3) is 11.2 Å². The zero-order valence-electron chi connectivity index (χ0n) is 12.0. The second-order valence-electron chi connectivity index (χ2n) is 5.71. The van der Waals surface area contributed by atoms with Gasteiger partial charge in [-0.3, -0.25) is 0 Å². The average Bonchev–Trinajstić information content (AvgIpc) is 2.80. The summed E-state index contributed by atoms with van der Waals surface area (Å²) in [6.45, 7) is 3.44. The van der Waals surface area contributed by atoms with Crippen LogP contribution >= 0.6 is 0 Å². The number of rotatable bonds is 4. The topological polar surface area (TPSA) is 54.2 Å². The number of hydrogen-bond donors (Lipinski definition) is 1. The molecule has 3 rings (SSSR count). The molecule has 0 spiro atoms. The fourth-order valence-corrected chi connectivity index (χ4v) is 2.99. The third kappa shape index (κ3) is 2.69. The SMILES string of the molecule is CN1CCC(Cn2c(CCO)nc3cccnc32)CC1. The lowest BCUT2D eigenvalue weighted by Crippen LogP contribution is -2.32. The standard InChI is InChI=1S/C15H22N4O/c1-18-8-4-12(5-9-18)11-19-14(6-10-20)17-13-3-2-7-16-15(13)19/h2-3,7,12,20H,4-6,8-11H2,1H3. The summed E-state index contributed by atoms with van der Waals surface area (Å²) in [5.41, 5.74) is 1.89. The molecule has 0 bridgehead atoms. The van der Waals surface area contributed by atoms with Crippen LogP contribution in [0.15, 0.2) is 18.3 Å². The Kier molecular flexibility index (Phi) is 3.98. The normalized spacial score (nSPS) is 17.9. The van der Waals surface area contributed by atoms with Crippen LogP contribution in [0, 0.1) is 5.92 Å². The van der Waals surface area contributed by atoms with Gasteiger partial charge in [0, 0.05) is 19.2 Å². The first kappa shape index (κ1) is 13.5. The van der Waals surface area contributed by atoms with Gasteiger partial charge in [0.05, 0.1) is 6.61 Å². The maximum absolute atomic E-state index is 9.23. The summed E-state index contributed by atoms with van der Waals surface area (Å²) < 4.78 is 2.21. The molecule has 2 aromatic rings. The van der Waals surface area contributed by atoms with Gasteiger partial charge < -0.3 is 14.6 Å². The third-order valence-corrected chi connectivity index (χ3v) is 4.20. The summed E-state index contributed by atoms with van der Waals surface area (Å²) in [6.07, 6.45) is 4.87. The average molecular weight is 274 g/mol. The van der Waals surface area contributed by atoms with Gasteiger partial charge in [0.25, 0.3) is 0 Å². The Morgan fingerprint density at radius 3 is 2.90 bits per heavy atom. The molecule has 0 aromatic carbocycles. The van der Waals surface area contributed by atoms with E-state index in [9.17, 15) is 5.11 Å². The summed E-state index contributed by atoms with van der Waals surface area (Å²) in [4.78, 5) is 11.5. The first-order valence-electron chi connectivity index (χ1n) is 7.37. The van der Waals surface area contributed by atoms with Crippen molar-refractivity contribution in [3.05, 3.63) is 24.2 Å². The maximum atomic E-state index is 9.23. The van der Waals surface area contributed by atoms with E-state index in [0.29, 0.717) is 12.3 Å². The Labute approximate surface area is 119 Å². The number of fused-ring (bicyclic) bond motifs is 1. The molecule has 0 atom stereocenters. The van der Waals surface area contributed by atoms with Crippen LogP contribution in [0.5, 0.6) is 0 Å². The van der Waals surface area contributed by atoms with E-state index in [1.54, 1.807) is 0 Å². The van der Waals surface area contributed by atoms with Gasteiger partial charge in [-0.1, -0.05) is 0 Å². The van der Waals surface area contributed by atoms with E-state index in [0.717, 1.165) is 23.5 Å². The van der Waals surface area contributed by atoms with E-state index in [-0.39, 0.29) is 6.61 Å². The van der Waals surface area contributed by atoms with Crippen LogP contribution in [-0.4, -0.2) is 51.3 Å². The molecule has 0 aliphatic carbocycles. The Balaban J connectivity index is 1.86. The minimum atomic E-state index is 0.136. The van der Waals surface area contributed by atoms with Gasteiger partial charge in [0.2, 0.25) is 0 Å². The van der Waals surface area contributed by atoms with Crippen molar-refractivity contribution in [3.63, 3.8) is 0 Å². The highest BCUT2D eigenvalue weighted by Gasteiger charge is 2.20. The highest BCUT2D eigenvalue weighted by molar-refractivity contribution is 5.71. The van der Waals surface area contributed by atoms with Crippen molar-refractivity contribution in [2.45, 2.75) is 25.8 Å². The van der Waals surface area contributed by atoms with Crippen LogP contribution in [-0.2, 0) is 13.0 Å². The highest BCUT2D eigenvalue weighted by Crippen LogP contribution is 2.22. The lowest BCUT2D eigenvalue weighted by molar-refractivity contribution is 0.204. The van der Waals surface area contributed by atoms with Gasteiger partial charge in [-0.05, 0) is 51.0 Å². The fraction of sp³-hybridized carbons (Fsp3) is 0.600. The van der Waals surface area contributed by atoms with Crippen molar-refractivity contribution in [1.29, 1.82) is 0 Å². The van der Waals surface area contributed by atoms with Crippen molar-refractivity contribution < 1.29 is 5.11 Å². The van der Waals surface area contributed by atoms with Crippen molar-refractivity contribution >= 4 is 11.2 Å². The second-order valence-corrected chi connectivity index (χ2v) is 5.71. The summed E-state index contributed by atoms with van der Waals surface area (Å²) in [7, 11) is 2.18. The first-order valence-corrected chi connectivity index (χ1v) is 7.37. The molecule has 0 radical (unpaired) electrons. The molecule has 2 aromatic heterocycles. The van der Waals surface area contributed by atoms with Gasteiger partial charge in [-0.25, -0.2) is 9.97 Å². The minimum Gasteiger partial charge on any atom is -0.396 e. The number of aliphatic hydroxyl groups is 1. The molecule has 3 heterocycles. The zero-order valence-corrected chi connectivity index (χ0v) is 12.0. The van der Waals surface area contributed by atoms with Crippen molar-refractivity contribution in [2.75, 3.05) is 26.7 Å². The van der Waals surface area contributed by atoms with E-state index in [2.05, 4.69) is 26.5 Å². The third-order valence-electron chi connectivity index (χ3n) is 4.20. The number of hydrogen-bond acceptors (Lipinski definition) is 4. The Hall–Kier alpha value is -1.46. The molecule has 20 heavy (non-hydrogen) atoms. The number of likely N-dealkylation sites (tertiary alicyclic amines) is 1. The molecule has 1 N–H and O–H groups in total. The smallest absolute Gasteiger partial charge is 0.159 e. The van der Waals surface area contributed by atoms with Crippen LogP contribution in [0.3, 0.4) is 0 Å². The number of nitrogens with zero attached hydrogens (tertiary/aromatic N) is 4. The largest absolute Gasteiger partial charge is 0.396 e.